The molecule has 1 unspecified atom stereocenters. The van der Waals surface area contributed by atoms with E-state index < -0.39 is 22.0 Å². The van der Waals surface area contributed by atoms with Crippen molar-refractivity contribution in [3.8, 4) is 22.6 Å². The van der Waals surface area contributed by atoms with Gasteiger partial charge in [-0.25, -0.2) is 12.8 Å². The molecule has 0 radical (unpaired) electrons. The van der Waals surface area contributed by atoms with E-state index in [1.807, 2.05) is 26.0 Å². The predicted octanol–water partition coefficient (Wildman–Crippen LogP) is 4.28. The maximum absolute atomic E-state index is 13.6. The molecule has 48 heavy (non-hydrogen) atoms. The van der Waals surface area contributed by atoms with Crippen LogP contribution in [0.3, 0.4) is 0 Å². The molecule has 0 saturated carbocycles. The number of nitrogens with two attached hydrogens (primary N) is 1. The number of carboxylic acid groups (broad SMARTS) is 1. The van der Waals surface area contributed by atoms with Crippen molar-refractivity contribution < 1.29 is 55.5 Å². The van der Waals surface area contributed by atoms with Crippen molar-refractivity contribution in [3.63, 3.8) is 0 Å². The average Bonchev–Trinajstić information content (AvgIpc) is 3.36. The fourth-order valence-electron chi connectivity index (χ4n) is 5.46. The third-order valence-corrected chi connectivity index (χ3v) is 9.12. The number of aliphatic carboxylic acids is 1. The second-order valence-corrected chi connectivity index (χ2v) is 13.4. The zero-order valence-corrected chi connectivity index (χ0v) is 28.0. The Bertz CT molecular complexity index is 1640. The minimum absolute atomic E-state index is 0.0676. The van der Waals surface area contributed by atoms with Gasteiger partial charge >= 0.3 is 6.18 Å². The lowest BCUT2D eigenvalue weighted by Gasteiger charge is -2.27. The Labute approximate surface area is 277 Å². The molecule has 1 amide bonds. The number of amides is 1. The van der Waals surface area contributed by atoms with E-state index in [4.69, 9.17) is 19.4 Å². The van der Waals surface area contributed by atoms with E-state index >= 15 is 0 Å². The van der Waals surface area contributed by atoms with Crippen LogP contribution in [-0.4, -0.2) is 59.0 Å². The van der Waals surface area contributed by atoms with Crippen LogP contribution in [0.1, 0.15) is 45.6 Å². The number of carbonyl (C=O) groups is 2. The van der Waals surface area contributed by atoms with Crippen molar-refractivity contribution in [1.82, 2.24) is 0 Å². The fraction of sp³-hybridized carbons (Fsp3) is 0.412. The monoisotopic (exact) mass is 696 g/mol. The summed E-state index contributed by atoms with van der Waals surface area (Å²) in [6.07, 6.45) is -1.80. The third kappa shape index (κ3) is 10.2. The molecule has 0 aliphatic carbocycles. The molecule has 14 heteroatoms. The summed E-state index contributed by atoms with van der Waals surface area (Å²) < 4.78 is 80.7. The number of carbonyl (C=O) groups excluding carboxylic acids is 2. The minimum atomic E-state index is -5.19. The Hall–Kier alpha value is -4.17. The molecule has 3 aromatic carbocycles. The molecule has 1 aliphatic rings. The van der Waals surface area contributed by atoms with Crippen molar-refractivity contribution in [2.45, 2.75) is 57.7 Å². The molecule has 9 nitrogen and oxygen atoms in total. The number of rotatable bonds is 13. The van der Waals surface area contributed by atoms with Gasteiger partial charge in [0.25, 0.3) is 0 Å². The van der Waals surface area contributed by atoms with Gasteiger partial charge in [-0.3, -0.25) is 4.79 Å². The Kier molecular flexibility index (Phi) is 13.0. The highest BCUT2D eigenvalue weighted by atomic mass is 32.2. The number of nitrogens with zero attached hydrogens (tertiary/aromatic N) is 1. The number of anilines is 1. The normalized spacial score (nSPS) is 16.3. The average molecular weight is 697 g/mol. The first-order valence-electron chi connectivity index (χ1n) is 15.4. The van der Waals surface area contributed by atoms with Crippen LogP contribution >= 0.6 is 0 Å². The van der Waals surface area contributed by atoms with E-state index in [0.29, 0.717) is 44.2 Å². The van der Waals surface area contributed by atoms with Crippen LogP contribution < -0.4 is 24.8 Å². The van der Waals surface area contributed by atoms with Crippen molar-refractivity contribution in [2.24, 2.45) is 5.41 Å². The first-order valence-corrected chi connectivity index (χ1v) is 17.3. The van der Waals surface area contributed by atoms with Crippen LogP contribution in [-0.2, 0) is 26.0 Å². The van der Waals surface area contributed by atoms with Gasteiger partial charge in [0.2, 0.25) is 5.91 Å². The summed E-state index contributed by atoms with van der Waals surface area (Å²) in [4.78, 5) is 23.8. The van der Waals surface area contributed by atoms with Crippen molar-refractivity contribution in [1.29, 1.82) is 0 Å². The lowest BCUT2D eigenvalue weighted by molar-refractivity contribution is -0.672. The third-order valence-electron chi connectivity index (χ3n) is 8.00. The molecule has 1 fully saturated rings. The first kappa shape index (κ1) is 38.3. The Morgan fingerprint density at radius 1 is 0.979 bits per heavy atom. The Balaban J connectivity index is 0.000000804. The van der Waals surface area contributed by atoms with Crippen LogP contribution in [0.2, 0.25) is 0 Å². The zero-order chi connectivity index (χ0) is 35.7. The number of halogens is 4. The van der Waals surface area contributed by atoms with E-state index in [2.05, 4.69) is 12.2 Å². The Morgan fingerprint density at radius 2 is 1.52 bits per heavy atom. The van der Waals surface area contributed by atoms with Crippen molar-refractivity contribution in [3.05, 3.63) is 72.0 Å². The van der Waals surface area contributed by atoms with E-state index in [1.165, 1.54) is 18.4 Å². The van der Waals surface area contributed by atoms with Crippen LogP contribution in [0.25, 0.3) is 11.1 Å². The van der Waals surface area contributed by atoms with Gasteiger partial charge in [-0.1, -0.05) is 19.1 Å². The second kappa shape index (κ2) is 16.3. The number of ether oxygens (including phenoxy) is 2. The van der Waals surface area contributed by atoms with Gasteiger partial charge in [0.1, 0.15) is 29.8 Å². The predicted molar refractivity (Wildman–Crippen MR) is 170 cm³/mol. The summed E-state index contributed by atoms with van der Waals surface area (Å²) in [5, 5.41) is 11.0. The molecule has 1 saturated heterocycles. The number of alkyl halides is 3. The molecule has 3 aromatic rings. The largest absolute Gasteiger partial charge is 0.542 e. The standard InChI is InChI=1S/C32H39FN2O5S.C2HF3O2/c1-5-32(20-30(36)35(22-32)26-12-14-27(15-13-26)41(4,37)38)16-17-34-21-23-18-28(39-6-2)31(29(19-23)40-7-3)24-8-10-25(33)11-9-24;3-2(4,5)1(6)7/h8-15,18-19,34H,5-7,16-17,20-22H2,1-4H3;(H,6,7). The number of quaternary nitrogens is 1. The van der Waals surface area contributed by atoms with Gasteiger partial charge in [0.05, 0.1) is 30.2 Å². The molecular formula is C34H40F4N2O7S. The second-order valence-electron chi connectivity index (χ2n) is 11.4. The van der Waals surface area contributed by atoms with Crippen LogP contribution in [0.4, 0.5) is 23.2 Å². The van der Waals surface area contributed by atoms with E-state index in [0.717, 1.165) is 41.8 Å². The van der Waals surface area contributed by atoms with Gasteiger partial charge in [-0.2, -0.15) is 13.2 Å². The molecule has 2 N–H and O–H groups in total. The van der Waals surface area contributed by atoms with Gasteiger partial charge in [-0.15, -0.1) is 0 Å². The lowest BCUT2D eigenvalue weighted by Crippen LogP contribution is -2.83. The van der Waals surface area contributed by atoms with Crippen LogP contribution in [0, 0.1) is 11.2 Å². The lowest BCUT2D eigenvalue weighted by atomic mass is 9.81. The summed E-state index contributed by atoms with van der Waals surface area (Å²) >= 11 is 0. The molecule has 262 valence electrons. The van der Waals surface area contributed by atoms with Crippen molar-refractivity contribution in [2.75, 3.05) is 37.5 Å². The van der Waals surface area contributed by atoms with E-state index in [-0.39, 0.29) is 22.0 Å². The van der Waals surface area contributed by atoms with Gasteiger partial charge in [-0.05, 0) is 74.4 Å². The quantitative estimate of drug-likeness (QED) is 0.209. The molecule has 1 heterocycles. The highest BCUT2D eigenvalue weighted by molar-refractivity contribution is 7.90. The molecule has 4 rings (SSSR count). The van der Waals surface area contributed by atoms with E-state index in [9.17, 15) is 30.8 Å². The van der Waals surface area contributed by atoms with Crippen LogP contribution in [0.15, 0.2) is 65.6 Å². The number of sulfone groups is 1. The summed E-state index contributed by atoms with van der Waals surface area (Å²) in [6.45, 7) is 9.16. The summed E-state index contributed by atoms with van der Waals surface area (Å²) in [7, 11) is -3.29. The molecular weight excluding hydrogens is 656 g/mol. The topological polar surface area (TPSA) is 130 Å². The maximum atomic E-state index is 13.6. The van der Waals surface area contributed by atoms with Gasteiger partial charge < -0.3 is 29.6 Å². The first-order chi connectivity index (χ1) is 22.5. The van der Waals surface area contributed by atoms with Gasteiger partial charge in [0, 0.05) is 42.3 Å². The maximum Gasteiger partial charge on any atom is 0.430 e. The Morgan fingerprint density at radius 3 is 1.98 bits per heavy atom. The smallest absolute Gasteiger partial charge is 0.430 e. The fourth-order valence-corrected chi connectivity index (χ4v) is 6.09. The molecule has 1 aliphatic heterocycles. The SMILES string of the molecule is CCOc1cc(C[NH2+]CCC2(CC)CC(=O)N(c3ccc(S(C)(=O)=O)cc3)C2)cc(OCC)c1-c1ccc(F)cc1.O=C([O-])C(F)(F)F. The van der Waals surface area contributed by atoms with Crippen LogP contribution in [0.5, 0.6) is 11.5 Å². The minimum Gasteiger partial charge on any atom is -0.542 e. The molecule has 0 bridgehead atoms. The van der Waals surface area contributed by atoms with Crippen molar-refractivity contribution >= 4 is 27.4 Å². The highest BCUT2D eigenvalue weighted by Crippen LogP contribution is 2.41. The zero-order valence-electron chi connectivity index (χ0n) is 27.2. The van der Waals surface area contributed by atoms with E-state index in [1.54, 1.807) is 41.3 Å². The molecule has 1 atom stereocenters. The summed E-state index contributed by atoms with van der Waals surface area (Å²) in [5.74, 6) is -1.82. The molecule has 0 aromatic heterocycles. The summed E-state index contributed by atoms with van der Waals surface area (Å²) in [5.41, 5.74) is 3.30. The number of carboxylic acids is 1. The number of benzene rings is 3. The molecule has 0 spiro atoms. The van der Waals surface area contributed by atoms with Gasteiger partial charge in [0.15, 0.2) is 9.84 Å². The summed E-state index contributed by atoms with van der Waals surface area (Å²) in [6, 6.07) is 16.9. The number of hydrogen-bond acceptors (Lipinski definition) is 7. The highest BCUT2D eigenvalue weighted by Gasteiger charge is 2.42. The number of hydrogen-bond donors (Lipinski definition) is 1.